The molecule has 0 aliphatic heterocycles. The van der Waals surface area contributed by atoms with Crippen molar-refractivity contribution < 1.29 is 27.0 Å². The van der Waals surface area contributed by atoms with Crippen molar-refractivity contribution in [2.45, 2.75) is 58.0 Å². The van der Waals surface area contributed by atoms with Crippen LogP contribution in [0.4, 0.5) is 17.6 Å². The number of hydrogen-bond donors (Lipinski definition) is 0. The zero-order valence-corrected chi connectivity index (χ0v) is 24.5. The predicted octanol–water partition coefficient (Wildman–Crippen LogP) is 9.26. The molecule has 1 fully saturated rings. The molecule has 0 radical (unpaired) electrons. The lowest BCUT2D eigenvalue weighted by Crippen LogP contribution is -2.25. The van der Waals surface area contributed by atoms with Gasteiger partial charge in [-0.3, -0.25) is 0 Å². The van der Waals surface area contributed by atoms with Crippen LogP contribution in [0.3, 0.4) is 0 Å². The zero-order chi connectivity index (χ0) is 30.4. The van der Waals surface area contributed by atoms with E-state index in [1.165, 1.54) is 6.07 Å². The van der Waals surface area contributed by atoms with Crippen LogP contribution in [0, 0.1) is 5.82 Å². The van der Waals surface area contributed by atoms with E-state index in [4.69, 9.17) is 14.5 Å². The van der Waals surface area contributed by atoms with Gasteiger partial charge in [-0.15, -0.1) is 0 Å². The summed E-state index contributed by atoms with van der Waals surface area (Å²) in [6, 6.07) is 17.7. The van der Waals surface area contributed by atoms with Crippen molar-refractivity contribution in [1.29, 1.82) is 0 Å². The van der Waals surface area contributed by atoms with E-state index in [0.29, 0.717) is 24.3 Å². The molecule has 1 aliphatic carbocycles. The van der Waals surface area contributed by atoms with Gasteiger partial charge in [0.15, 0.2) is 0 Å². The molecule has 0 bridgehead atoms. The van der Waals surface area contributed by atoms with Gasteiger partial charge >= 0.3 is 6.18 Å². The van der Waals surface area contributed by atoms with Gasteiger partial charge in [0.25, 0.3) is 0 Å². The molecule has 5 rings (SSSR count). The summed E-state index contributed by atoms with van der Waals surface area (Å²) in [5.41, 5.74) is 1.37. The Bertz CT molecular complexity index is 1470. The highest BCUT2D eigenvalue weighted by atomic mass is 19.4. The van der Waals surface area contributed by atoms with E-state index in [0.717, 1.165) is 86.3 Å². The molecule has 0 spiro atoms. The van der Waals surface area contributed by atoms with Gasteiger partial charge < -0.3 is 18.9 Å². The first kappa shape index (κ1) is 30.6. The molecule has 1 aromatic heterocycles. The van der Waals surface area contributed by atoms with Crippen molar-refractivity contribution in [3.8, 4) is 34.2 Å². The molecule has 1 heterocycles. The Morgan fingerprint density at radius 1 is 0.884 bits per heavy atom. The van der Waals surface area contributed by atoms with Crippen LogP contribution < -0.4 is 9.47 Å². The number of imidazole rings is 1. The van der Waals surface area contributed by atoms with Crippen LogP contribution >= 0.6 is 0 Å². The Hall–Kier alpha value is -3.85. The summed E-state index contributed by atoms with van der Waals surface area (Å²) in [4.78, 5) is 7.44. The Labute approximate surface area is 250 Å². The van der Waals surface area contributed by atoms with E-state index in [9.17, 15) is 17.6 Å². The summed E-state index contributed by atoms with van der Waals surface area (Å²) < 4.78 is 66.7. The van der Waals surface area contributed by atoms with Gasteiger partial charge in [-0.2, -0.15) is 13.2 Å². The molecule has 0 saturated heterocycles. The first-order chi connectivity index (χ1) is 20.7. The maximum atomic E-state index is 13.7. The molecule has 0 atom stereocenters. The Morgan fingerprint density at radius 3 is 2.19 bits per heavy atom. The van der Waals surface area contributed by atoms with Gasteiger partial charge in [0.05, 0.1) is 17.9 Å². The summed E-state index contributed by atoms with van der Waals surface area (Å²) in [7, 11) is 0. The van der Waals surface area contributed by atoms with E-state index in [2.05, 4.69) is 23.3 Å². The van der Waals surface area contributed by atoms with E-state index in [-0.39, 0.29) is 5.75 Å². The van der Waals surface area contributed by atoms with Gasteiger partial charge in [0.1, 0.15) is 28.9 Å². The summed E-state index contributed by atoms with van der Waals surface area (Å²) in [5, 5.41) is 0. The summed E-state index contributed by atoms with van der Waals surface area (Å²) in [5.74, 6) is 1.09. The van der Waals surface area contributed by atoms with Crippen molar-refractivity contribution in [3.63, 3.8) is 0 Å². The van der Waals surface area contributed by atoms with Crippen molar-refractivity contribution in [1.82, 2.24) is 14.5 Å². The van der Waals surface area contributed by atoms with Gasteiger partial charge in [-0.25, -0.2) is 9.37 Å². The summed E-state index contributed by atoms with van der Waals surface area (Å²) in [6.45, 7) is 8.11. The third-order valence-electron chi connectivity index (χ3n) is 7.98. The minimum Gasteiger partial charge on any atom is -0.494 e. The summed E-state index contributed by atoms with van der Waals surface area (Å²) >= 11 is 0. The van der Waals surface area contributed by atoms with E-state index >= 15 is 0 Å². The first-order valence-corrected chi connectivity index (χ1v) is 14.9. The highest BCUT2D eigenvalue weighted by Gasteiger charge is 2.34. The number of halogens is 4. The maximum absolute atomic E-state index is 13.7. The zero-order valence-electron chi connectivity index (χ0n) is 24.5. The minimum atomic E-state index is -4.80. The maximum Gasteiger partial charge on any atom is 0.419 e. The lowest BCUT2D eigenvalue weighted by Gasteiger charge is -2.17. The van der Waals surface area contributed by atoms with Crippen LogP contribution in [0.1, 0.15) is 63.3 Å². The fraction of sp³-hybridized carbons (Fsp3) is 0.382. The van der Waals surface area contributed by atoms with Crippen LogP contribution in [-0.2, 0) is 6.18 Å². The van der Waals surface area contributed by atoms with Crippen molar-refractivity contribution in [3.05, 3.63) is 90.1 Å². The van der Waals surface area contributed by atoms with Crippen LogP contribution in [0.25, 0.3) is 16.9 Å². The SMILES string of the molecule is CCN(CC)CCCOc1ccc(-c2cn(-c3ccc(Oc4ccc(F)c(C(F)(F)F)c4)cc3)c(C3CCCC3)n2)cc1. The average molecular weight is 596 g/mol. The molecule has 0 N–H and O–H groups in total. The average Bonchev–Trinajstić information content (AvgIpc) is 3.69. The molecule has 43 heavy (non-hydrogen) atoms. The van der Waals surface area contributed by atoms with Crippen molar-refractivity contribution >= 4 is 0 Å². The lowest BCUT2D eigenvalue weighted by molar-refractivity contribution is -0.140. The first-order valence-electron chi connectivity index (χ1n) is 14.9. The fourth-order valence-corrected chi connectivity index (χ4v) is 5.55. The Balaban J connectivity index is 1.31. The van der Waals surface area contributed by atoms with Crippen LogP contribution in [0.5, 0.6) is 17.2 Å². The number of aromatic nitrogens is 2. The molecule has 0 unspecified atom stereocenters. The van der Waals surface area contributed by atoms with Gasteiger partial charge in [-0.05, 0) is 99.1 Å². The lowest BCUT2D eigenvalue weighted by atomic mass is 10.1. The molecule has 1 aliphatic rings. The molecule has 0 amide bonds. The second kappa shape index (κ2) is 13.6. The molecule has 9 heteroatoms. The Morgan fingerprint density at radius 2 is 1.53 bits per heavy atom. The smallest absolute Gasteiger partial charge is 0.419 e. The Kier molecular flexibility index (Phi) is 9.70. The van der Waals surface area contributed by atoms with Crippen molar-refractivity contribution in [2.24, 2.45) is 0 Å². The van der Waals surface area contributed by atoms with E-state index in [1.807, 2.05) is 42.6 Å². The largest absolute Gasteiger partial charge is 0.494 e. The topological polar surface area (TPSA) is 39.5 Å². The monoisotopic (exact) mass is 595 g/mol. The molecule has 228 valence electrons. The second-order valence-corrected chi connectivity index (χ2v) is 10.8. The molecule has 5 nitrogen and oxygen atoms in total. The number of ether oxygens (including phenoxy) is 2. The van der Waals surface area contributed by atoms with Gasteiger partial charge in [0.2, 0.25) is 0 Å². The van der Waals surface area contributed by atoms with Crippen LogP contribution in [0.15, 0.2) is 72.9 Å². The molecule has 4 aromatic rings. The summed E-state index contributed by atoms with van der Waals surface area (Å²) in [6.07, 6.45) is 2.67. The van der Waals surface area contributed by atoms with E-state index in [1.54, 1.807) is 12.1 Å². The number of hydrogen-bond acceptors (Lipinski definition) is 4. The van der Waals surface area contributed by atoms with E-state index < -0.39 is 17.6 Å². The number of benzene rings is 3. The number of rotatable bonds is 12. The molecular weight excluding hydrogens is 558 g/mol. The number of alkyl halides is 3. The third-order valence-corrected chi connectivity index (χ3v) is 7.98. The molecule has 1 saturated carbocycles. The minimum absolute atomic E-state index is 0.0886. The molecular formula is C34H37F4N3O2. The van der Waals surface area contributed by atoms with Crippen LogP contribution in [0.2, 0.25) is 0 Å². The quantitative estimate of drug-likeness (QED) is 0.121. The highest BCUT2D eigenvalue weighted by molar-refractivity contribution is 5.61. The number of nitrogens with zero attached hydrogens (tertiary/aromatic N) is 3. The van der Waals surface area contributed by atoms with Gasteiger partial charge in [-0.1, -0.05) is 26.7 Å². The highest BCUT2D eigenvalue weighted by Crippen LogP contribution is 2.38. The van der Waals surface area contributed by atoms with Crippen molar-refractivity contribution in [2.75, 3.05) is 26.2 Å². The molecule has 3 aromatic carbocycles. The van der Waals surface area contributed by atoms with Crippen LogP contribution in [-0.4, -0.2) is 40.7 Å². The standard InChI is InChI=1S/C34H37F4N3O2/c1-3-40(4-2)20-7-21-42-27-14-10-24(11-15-27)32-23-41(33(39-32)25-8-5-6-9-25)26-12-16-28(17-13-26)43-29-18-19-31(35)30(22-29)34(36,37)38/h10-19,22-23,25H,3-9,20-21H2,1-2H3. The third kappa shape index (κ3) is 7.57. The fourth-order valence-electron chi connectivity index (χ4n) is 5.55. The van der Waals surface area contributed by atoms with Gasteiger partial charge in [0, 0.05) is 29.9 Å². The predicted molar refractivity (Wildman–Crippen MR) is 160 cm³/mol. The normalized spacial score (nSPS) is 14.0. The second-order valence-electron chi connectivity index (χ2n) is 10.8.